The van der Waals surface area contributed by atoms with Gasteiger partial charge in [-0.3, -0.25) is 0 Å². The van der Waals surface area contributed by atoms with E-state index in [0.717, 1.165) is 25.1 Å². The van der Waals surface area contributed by atoms with Crippen LogP contribution in [0.4, 0.5) is 5.82 Å². The number of hydrogen-bond acceptors (Lipinski definition) is 3. The number of aryl methyl sites for hydroxylation is 2. The van der Waals surface area contributed by atoms with E-state index in [2.05, 4.69) is 54.2 Å². The summed E-state index contributed by atoms with van der Waals surface area (Å²) in [5.41, 5.74) is 7.46. The number of hydrogen-bond donors (Lipinski definition) is 1. The van der Waals surface area contributed by atoms with Crippen LogP contribution in [0.5, 0.6) is 5.75 Å². The van der Waals surface area contributed by atoms with Gasteiger partial charge in [0, 0.05) is 18.5 Å². The van der Waals surface area contributed by atoms with Crippen molar-refractivity contribution in [1.29, 1.82) is 0 Å². The lowest BCUT2D eigenvalue weighted by Crippen LogP contribution is -2.08. The second-order valence-corrected chi connectivity index (χ2v) is 7.38. The summed E-state index contributed by atoms with van der Waals surface area (Å²) in [5.74, 6) is 2.06. The van der Waals surface area contributed by atoms with Crippen LogP contribution in [0.2, 0.25) is 0 Å². The van der Waals surface area contributed by atoms with Crippen LogP contribution in [0.3, 0.4) is 0 Å². The zero-order chi connectivity index (χ0) is 18.8. The van der Waals surface area contributed by atoms with Crippen LogP contribution in [-0.4, -0.2) is 23.4 Å². The molecule has 0 unspecified atom stereocenters. The number of methoxy groups -OCH3 is 1. The standard InChI is InChI=1S/C23H27N3O/c1-16-7-8-17(2)22(14-16)26-23-20(6-4-5-13-24-23)21(25-26)15-18-9-11-19(27-3)12-10-18/h7-12,14,24H,4-6,13,15H2,1-3H3. The summed E-state index contributed by atoms with van der Waals surface area (Å²) in [6, 6.07) is 14.9. The predicted octanol–water partition coefficient (Wildman–Crippen LogP) is 4.84. The molecule has 0 radical (unpaired) electrons. The Balaban J connectivity index is 1.77. The van der Waals surface area contributed by atoms with Gasteiger partial charge in [-0.05, 0) is 68.0 Å². The average Bonchev–Trinajstić information content (AvgIpc) is 2.85. The summed E-state index contributed by atoms with van der Waals surface area (Å²) < 4.78 is 7.41. The molecule has 0 saturated heterocycles. The maximum absolute atomic E-state index is 5.28. The molecule has 0 spiro atoms. The minimum Gasteiger partial charge on any atom is -0.497 e. The highest BCUT2D eigenvalue weighted by Crippen LogP contribution is 2.31. The molecule has 4 heteroatoms. The van der Waals surface area contributed by atoms with E-state index < -0.39 is 0 Å². The van der Waals surface area contributed by atoms with Gasteiger partial charge in [0.2, 0.25) is 0 Å². The smallest absolute Gasteiger partial charge is 0.133 e. The average molecular weight is 361 g/mol. The topological polar surface area (TPSA) is 39.1 Å². The molecule has 0 fully saturated rings. The van der Waals surface area contributed by atoms with Gasteiger partial charge in [-0.25, -0.2) is 4.68 Å². The Bertz CT molecular complexity index is 941. The first-order valence-corrected chi connectivity index (χ1v) is 9.71. The third-order valence-electron chi connectivity index (χ3n) is 5.34. The van der Waals surface area contributed by atoms with E-state index >= 15 is 0 Å². The molecule has 0 amide bonds. The monoisotopic (exact) mass is 361 g/mol. The van der Waals surface area contributed by atoms with E-state index in [4.69, 9.17) is 9.84 Å². The molecular weight excluding hydrogens is 334 g/mol. The van der Waals surface area contributed by atoms with Gasteiger partial charge in [-0.2, -0.15) is 5.10 Å². The van der Waals surface area contributed by atoms with Gasteiger partial charge in [0.05, 0.1) is 18.5 Å². The van der Waals surface area contributed by atoms with Gasteiger partial charge < -0.3 is 10.1 Å². The second kappa shape index (κ2) is 7.47. The fourth-order valence-electron chi connectivity index (χ4n) is 3.77. The zero-order valence-corrected chi connectivity index (χ0v) is 16.4. The lowest BCUT2D eigenvalue weighted by atomic mass is 10.0. The van der Waals surface area contributed by atoms with Gasteiger partial charge in [0.1, 0.15) is 11.6 Å². The minimum atomic E-state index is 0.839. The van der Waals surface area contributed by atoms with Gasteiger partial charge >= 0.3 is 0 Å². The molecule has 1 aliphatic rings. The van der Waals surface area contributed by atoms with Crippen LogP contribution >= 0.6 is 0 Å². The summed E-state index contributed by atoms with van der Waals surface area (Å²) in [4.78, 5) is 0. The van der Waals surface area contributed by atoms with E-state index in [-0.39, 0.29) is 0 Å². The molecule has 27 heavy (non-hydrogen) atoms. The number of fused-ring (bicyclic) bond motifs is 1. The van der Waals surface area contributed by atoms with E-state index in [9.17, 15) is 0 Å². The van der Waals surface area contributed by atoms with Gasteiger partial charge in [0.15, 0.2) is 0 Å². The molecule has 3 aromatic rings. The Kier molecular flexibility index (Phi) is 4.88. The first-order valence-electron chi connectivity index (χ1n) is 9.71. The molecule has 2 aromatic carbocycles. The molecule has 1 N–H and O–H groups in total. The molecule has 0 saturated carbocycles. The number of nitrogens with one attached hydrogen (secondary N) is 1. The molecule has 0 atom stereocenters. The van der Waals surface area contributed by atoms with E-state index in [1.807, 2.05) is 12.1 Å². The van der Waals surface area contributed by atoms with Crippen molar-refractivity contribution < 1.29 is 4.74 Å². The Morgan fingerprint density at radius 1 is 1.07 bits per heavy atom. The molecule has 4 rings (SSSR count). The Morgan fingerprint density at radius 3 is 2.67 bits per heavy atom. The minimum absolute atomic E-state index is 0.839. The van der Waals surface area contributed by atoms with E-state index in [1.54, 1.807) is 7.11 Å². The highest BCUT2D eigenvalue weighted by molar-refractivity contribution is 5.57. The van der Waals surface area contributed by atoms with Crippen molar-refractivity contribution >= 4 is 5.82 Å². The van der Waals surface area contributed by atoms with Crippen molar-refractivity contribution in [3.8, 4) is 11.4 Å². The van der Waals surface area contributed by atoms with Crippen molar-refractivity contribution in [1.82, 2.24) is 9.78 Å². The number of rotatable bonds is 4. The van der Waals surface area contributed by atoms with Crippen LogP contribution in [0, 0.1) is 13.8 Å². The molecular formula is C23H27N3O. The molecule has 2 heterocycles. The predicted molar refractivity (Wildman–Crippen MR) is 110 cm³/mol. The van der Waals surface area contributed by atoms with Crippen molar-refractivity contribution in [2.24, 2.45) is 0 Å². The quantitative estimate of drug-likeness (QED) is 0.723. The summed E-state index contributed by atoms with van der Waals surface area (Å²) >= 11 is 0. The lowest BCUT2D eigenvalue weighted by Gasteiger charge is -2.12. The summed E-state index contributed by atoms with van der Waals surface area (Å²) in [6.07, 6.45) is 4.32. The summed E-state index contributed by atoms with van der Waals surface area (Å²) in [7, 11) is 1.70. The van der Waals surface area contributed by atoms with Crippen molar-refractivity contribution in [3.63, 3.8) is 0 Å². The van der Waals surface area contributed by atoms with Crippen molar-refractivity contribution in [3.05, 3.63) is 70.4 Å². The number of benzene rings is 2. The summed E-state index contributed by atoms with van der Waals surface area (Å²) in [6.45, 7) is 5.30. The molecule has 4 nitrogen and oxygen atoms in total. The van der Waals surface area contributed by atoms with Gasteiger partial charge in [-0.15, -0.1) is 0 Å². The van der Waals surface area contributed by atoms with Gasteiger partial charge in [0.25, 0.3) is 0 Å². The largest absolute Gasteiger partial charge is 0.497 e. The zero-order valence-electron chi connectivity index (χ0n) is 16.4. The number of nitrogens with zero attached hydrogens (tertiary/aromatic N) is 2. The first kappa shape index (κ1) is 17.7. The normalized spacial score (nSPS) is 13.6. The number of anilines is 1. The van der Waals surface area contributed by atoms with Crippen LogP contribution in [0.25, 0.3) is 5.69 Å². The third-order valence-corrected chi connectivity index (χ3v) is 5.34. The number of aromatic nitrogens is 2. The molecule has 140 valence electrons. The van der Waals surface area contributed by atoms with E-state index in [0.29, 0.717) is 0 Å². The summed E-state index contributed by atoms with van der Waals surface area (Å²) in [5, 5.41) is 8.71. The van der Waals surface area contributed by atoms with Crippen molar-refractivity contribution in [2.45, 2.75) is 39.5 Å². The molecule has 1 aromatic heterocycles. The highest BCUT2D eigenvalue weighted by Gasteiger charge is 2.21. The maximum Gasteiger partial charge on any atom is 0.133 e. The second-order valence-electron chi connectivity index (χ2n) is 7.38. The SMILES string of the molecule is COc1ccc(Cc2nn(-c3cc(C)ccc3C)c3c2CCCCN3)cc1. The maximum atomic E-state index is 5.28. The van der Waals surface area contributed by atoms with Crippen molar-refractivity contribution in [2.75, 3.05) is 19.0 Å². The fourth-order valence-corrected chi connectivity index (χ4v) is 3.77. The molecule has 1 aliphatic heterocycles. The van der Waals surface area contributed by atoms with E-state index in [1.165, 1.54) is 52.3 Å². The number of ether oxygens (including phenoxy) is 1. The first-order chi connectivity index (χ1) is 13.2. The van der Waals surface area contributed by atoms with Gasteiger partial charge in [-0.1, -0.05) is 24.3 Å². The Labute approximate surface area is 161 Å². The Hall–Kier alpha value is -2.75. The highest BCUT2D eigenvalue weighted by atomic mass is 16.5. The van der Waals surface area contributed by atoms with Crippen LogP contribution in [0.15, 0.2) is 42.5 Å². The van der Waals surface area contributed by atoms with Crippen LogP contribution < -0.4 is 10.1 Å². The molecule has 0 aliphatic carbocycles. The Morgan fingerprint density at radius 2 is 1.89 bits per heavy atom. The lowest BCUT2D eigenvalue weighted by molar-refractivity contribution is 0.414. The molecule has 0 bridgehead atoms. The fraction of sp³-hybridized carbons (Fsp3) is 0.348. The van der Waals surface area contributed by atoms with Crippen LogP contribution in [-0.2, 0) is 12.8 Å². The third kappa shape index (κ3) is 3.57. The van der Waals surface area contributed by atoms with Crippen LogP contribution in [0.1, 0.15) is 40.8 Å².